The first-order chi connectivity index (χ1) is 8.53. The van der Waals surface area contributed by atoms with Gasteiger partial charge in [-0.25, -0.2) is 8.78 Å². The number of nitrogens with two attached hydrogens (primary N) is 1. The average molecular weight is 253 g/mol. The first-order valence-electron chi connectivity index (χ1n) is 5.39. The van der Waals surface area contributed by atoms with E-state index in [0.717, 1.165) is 0 Å². The minimum Gasteiger partial charge on any atom is -0.397 e. The summed E-state index contributed by atoms with van der Waals surface area (Å²) in [6.45, 7) is -1.83. The average Bonchev–Trinajstić information content (AvgIpc) is 2.38. The van der Waals surface area contributed by atoms with Crippen LogP contribution >= 0.6 is 0 Å². The molecule has 0 fully saturated rings. The molecule has 2 aromatic rings. The lowest BCUT2D eigenvalue weighted by molar-refractivity contribution is -0.0372. The summed E-state index contributed by atoms with van der Waals surface area (Å²) in [5.74, 6) is -3.16. The molecule has 0 radical (unpaired) electrons. The summed E-state index contributed by atoms with van der Waals surface area (Å²) >= 11 is 0. The number of aliphatic hydroxyl groups is 1. The lowest BCUT2D eigenvalue weighted by Crippen LogP contribution is -2.31. The Balaban J connectivity index is 2.32. The molecule has 4 N–H and O–H groups in total. The maximum Gasteiger partial charge on any atom is 0.287 e. The largest absolute Gasteiger partial charge is 0.397 e. The van der Waals surface area contributed by atoms with Crippen LogP contribution in [0, 0.1) is 0 Å². The number of hydrogen-bond acceptors (Lipinski definition) is 4. The van der Waals surface area contributed by atoms with E-state index in [1.54, 1.807) is 30.5 Å². The number of hydrogen-bond donors (Lipinski definition) is 3. The van der Waals surface area contributed by atoms with Gasteiger partial charge in [-0.3, -0.25) is 4.98 Å². The molecule has 1 aromatic carbocycles. The Morgan fingerprint density at radius 1 is 1.33 bits per heavy atom. The predicted molar refractivity (Wildman–Crippen MR) is 66.7 cm³/mol. The van der Waals surface area contributed by atoms with Crippen LogP contribution in [-0.4, -0.2) is 29.2 Å². The summed E-state index contributed by atoms with van der Waals surface area (Å²) in [5, 5.41) is 11.8. The molecule has 0 saturated heterocycles. The fraction of sp³-hybridized carbons (Fsp3) is 0.250. The molecule has 2 rings (SSSR count). The number of fused-ring (bicyclic) bond motifs is 1. The Morgan fingerprint density at radius 2 is 2.11 bits per heavy atom. The third-order valence-corrected chi connectivity index (χ3v) is 2.57. The molecule has 96 valence electrons. The molecule has 1 heterocycles. The molecule has 0 spiro atoms. The van der Waals surface area contributed by atoms with Gasteiger partial charge in [0.25, 0.3) is 5.92 Å². The number of halogens is 2. The van der Waals surface area contributed by atoms with Crippen molar-refractivity contribution in [2.24, 2.45) is 0 Å². The molecule has 18 heavy (non-hydrogen) atoms. The molecule has 0 amide bonds. The molecule has 6 heteroatoms. The second-order valence-corrected chi connectivity index (χ2v) is 3.97. The number of nitrogens with one attached hydrogen (secondary N) is 1. The number of pyridine rings is 1. The highest BCUT2D eigenvalue weighted by Gasteiger charge is 2.27. The Labute approximate surface area is 102 Å². The summed E-state index contributed by atoms with van der Waals surface area (Å²) in [6.07, 6.45) is 1.59. The normalized spacial score (nSPS) is 11.7. The fourth-order valence-electron chi connectivity index (χ4n) is 1.63. The lowest BCUT2D eigenvalue weighted by Gasteiger charge is -2.16. The molecule has 0 unspecified atom stereocenters. The number of nitrogen functional groups attached to an aromatic ring is 1. The smallest absolute Gasteiger partial charge is 0.287 e. The van der Waals surface area contributed by atoms with Crippen molar-refractivity contribution in [1.82, 2.24) is 4.98 Å². The monoisotopic (exact) mass is 253 g/mol. The molecular weight excluding hydrogens is 240 g/mol. The van der Waals surface area contributed by atoms with Crippen LogP contribution in [0.5, 0.6) is 0 Å². The van der Waals surface area contributed by atoms with Crippen LogP contribution in [-0.2, 0) is 0 Å². The Bertz CT molecular complexity index is 560. The Morgan fingerprint density at radius 3 is 2.83 bits per heavy atom. The van der Waals surface area contributed by atoms with Crippen molar-refractivity contribution in [3.05, 3.63) is 30.5 Å². The number of rotatable bonds is 4. The zero-order valence-corrected chi connectivity index (χ0v) is 9.53. The van der Waals surface area contributed by atoms with Crippen molar-refractivity contribution < 1.29 is 13.9 Å². The van der Waals surface area contributed by atoms with Crippen molar-refractivity contribution in [2.75, 3.05) is 24.2 Å². The topological polar surface area (TPSA) is 71.2 Å². The van der Waals surface area contributed by atoms with Gasteiger partial charge in [-0.1, -0.05) is 0 Å². The Hall–Kier alpha value is -1.95. The van der Waals surface area contributed by atoms with Crippen LogP contribution in [0.3, 0.4) is 0 Å². The molecule has 0 atom stereocenters. The Kier molecular flexibility index (Phi) is 3.29. The zero-order valence-electron chi connectivity index (χ0n) is 9.53. The van der Waals surface area contributed by atoms with Gasteiger partial charge in [0.15, 0.2) is 0 Å². The van der Waals surface area contributed by atoms with Gasteiger partial charge in [0.1, 0.15) is 6.61 Å². The maximum absolute atomic E-state index is 13.0. The van der Waals surface area contributed by atoms with Crippen LogP contribution in [0.4, 0.5) is 20.2 Å². The van der Waals surface area contributed by atoms with Gasteiger partial charge in [0.2, 0.25) is 0 Å². The molecule has 0 aliphatic carbocycles. The highest BCUT2D eigenvalue weighted by atomic mass is 19.3. The van der Waals surface area contributed by atoms with E-state index in [-0.39, 0.29) is 0 Å². The van der Waals surface area contributed by atoms with Crippen molar-refractivity contribution in [3.8, 4) is 0 Å². The molecule has 0 saturated carbocycles. The van der Waals surface area contributed by atoms with E-state index in [1.807, 2.05) is 0 Å². The van der Waals surface area contributed by atoms with Gasteiger partial charge in [0, 0.05) is 17.3 Å². The van der Waals surface area contributed by atoms with Gasteiger partial charge in [-0.15, -0.1) is 0 Å². The van der Waals surface area contributed by atoms with E-state index in [9.17, 15) is 8.78 Å². The summed E-state index contributed by atoms with van der Waals surface area (Å²) in [5.41, 5.74) is 7.32. The maximum atomic E-state index is 13.0. The molecule has 0 aliphatic rings. The first kappa shape index (κ1) is 12.5. The van der Waals surface area contributed by atoms with Crippen LogP contribution in [0.2, 0.25) is 0 Å². The second-order valence-electron chi connectivity index (χ2n) is 3.97. The van der Waals surface area contributed by atoms with Crippen LogP contribution in [0.1, 0.15) is 0 Å². The number of nitrogens with zero attached hydrogens (tertiary/aromatic N) is 1. The third kappa shape index (κ3) is 2.48. The van der Waals surface area contributed by atoms with E-state index < -0.39 is 19.1 Å². The summed E-state index contributed by atoms with van der Waals surface area (Å²) < 4.78 is 25.9. The van der Waals surface area contributed by atoms with Crippen molar-refractivity contribution in [1.29, 1.82) is 0 Å². The minimum absolute atomic E-state index is 0.491. The molecule has 0 bridgehead atoms. The molecule has 0 aliphatic heterocycles. The van der Waals surface area contributed by atoms with Crippen molar-refractivity contribution in [3.63, 3.8) is 0 Å². The van der Waals surface area contributed by atoms with E-state index in [0.29, 0.717) is 22.3 Å². The van der Waals surface area contributed by atoms with E-state index in [2.05, 4.69) is 10.3 Å². The zero-order chi connectivity index (χ0) is 13.2. The SMILES string of the molecule is Nc1ccc(NCC(F)(F)CO)c2cccnc12. The fourth-order valence-corrected chi connectivity index (χ4v) is 1.63. The van der Waals surface area contributed by atoms with Gasteiger partial charge in [-0.05, 0) is 24.3 Å². The highest BCUT2D eigenvalue weighted by molar-refractivity contribution is 5.98. The van der Waals surface area contributed by atoms with E-state index >= 15 is 0 Å². The standard InChI is InChI=1S/C12H13F2N3O/c13-12(14,7-18)6-17-10-4-3-9(15)11-8(10)2-1-5-16-11/h1-5,17-18H,6-7,15H2. The molecular formula is C12H13F2N3O. The molecule has 1 aromatic heterocycles. The number of aliphatic hydroxyl groups excluding tert-OH is 1. The van der Waals surface area contributed by atoms with Crippen molar-refractivity contribution >= 4 is 22.3 Å². The van der Waals surface area contributed by atoms with E-state index in [4.69, 9.17) is 10.8 Å². The second kappa shape index (κ2) is 4.73. The van der Waals surface area contributed by atoms with Gasteiger partial charge < -0.3 is 16.2 Å². The summed E-state index contributed by atoms with van der Waals surface area (Å²) in [7, 11) is 0. The highest BCUT2D eigenvalue weighted by Crippen LogP contribution is 2.27. The van der Waals surface area contributed by atoms with Gasteiger partial charge >= 0.3 is 0 Å². The summed E-state index contributed by atoms with van der Waals surface area (Å²) in [4.78, 5) is 4.10. The van der Waals surface area contributed by atoms with E-state index in [1.165, 1.54) is 0 Å². The number of alkyl halides is 2. The number of benzene rings is 1. The van der Waals surface area contributed by atoms with Gasteiger partial charge in [-0.2, -0.15) is 0 Å². The van der Waals surface area contributed by atoms with Crippen LogP contribution in [0.15, 0.2) is 30.5 Å². The predicted octanol–water partition coefficient (Wildman–Crippen LogP) is 1.86. The summed E-state index contributed by atoms with van der Waals surface area (Å²) in [6, 6.07) is 6.68. The third-order valence-electron chi connectivity index (χ3n) is 2.57. The van der Waals surface area contributed by atoms with Crippen molar-refractivity contribution in [2.45, 2.75) is 5.92 Å². The number of anilines is 2. The quantitative estimate of drug-likeness (QED) is 0.727. The first-order valence-corrected chi connectivity index (χ1v) is 5.39. The molecule has 4 nitrogen and oxygen atoms in total. The lowest BCUT2D eigenvalue weighted by atomic mass is 10.1. The minimum atomic E-state index is -3.16. The van der Waals surface area contributed by atoms with Crippen LogP contribution in [0.25, 0.3) is 10.9 Å². The van der Waals surface area contributed by atoms with Gasteiger partial charge in [0.05, 0.1) is 17.7 Å². The van der Waals surface area contributed by atoms with Crippen LogP contribution < -0.4 is 11.1 Å². The number of aromatic nitrogens is 1.